The highest BCUT2D eigenvalue weighted by Crippen LogP contribution is 2.38. The number of hydrogen-bond acceptors (Lipinski definition) is 5. The number of amides is 1. The van der Waals surface area contributed by atoms with Gasteiger partial charge in [-0.25, -0.2) is 4.98 Å². The summed E-state index contributed by atoms with van der Waals surface area (Å²) >= 11 is 0. The molecule has 3 aromatic rings. The molecule has 174 valence electrons. The molecule has 2 aromatic heterocycles. The Balaban J connectivity index is 1.70. The largest absolute Gasteiger partial charge is 0.417 e. The van der Waals surface area contributed by atoms with Crippen LogP contribution in [-0.2, 0) is 17.5 Å². The molecule has 2 N–H and O–H groups in total. The van der Waals surface area contributed by atoms with E-state index >= 15 is 0 Å². The molecule has 0 aliphatic carbocycles. The van der Waals surface area contributed by atoms with E-state index in [0.717, 1.165) is 28.8 Å². The molecule has 0 unspecified atom stereocenters. The van der Waals surface area contributed by atoms with E-state index in [1.165, 1.54) is 6.07 Å². The van der Waals surface area contributed by atoms with E-state index in [4.69, 9.17) is 10.5 Å². The Morgan fingerprint density at radius 3 is 2.55 bits per heavy atom. The minimum Gasteiger partial charge on any atom is -0.383 e. The Bertz CT molecular complexity index is 1210. The zero-order valence-corrected chi connectivity index (χ0v) is 18.8. The van der Waals surface area contributed by atoms with Gasteiger partial charge in [0.1, 0.15) is 5.82 Å². The maximum absolute atomic E-state index is 13.5. The van der Waals surface area contributed by atoms with Crippen LogP contribution in [0.3, 0.4) is 0 Å². The molecular formula is C24H25F3N4O2. The van der Waals surface area contributed by atoms with Crippen molar-refractivity contribution in [3.8, 4) is 0 Å². The molecule has 1 amide bonds. The minimum absolute atomic E-state index is 0.172. The van der Waals surface area contributed by atoms with Crippen molar-refractivity contribution in [2.75, 3.05) is 5.73 Å². The number of aromatic nitrogens is 2. The number of alkyl halides is 3. The SMILES string of the molecule is CC(C)N(C(=O)c1ccc2nc(N)c3c(c2c1)CO[C@@H]3C)[C@@H](C)c1ccc(C(F)(F)F)cn1. The zero-order chi connectivity index (χ0) is 24.1. The van der Waals surface area contributed by atoms with Crippen LogP contribution >= 0.6 is 0 Å². The van der Waals surface area contributed by atoms with E-state index < -0.39 is 17.8 Å². The van der Waals surface area contributed by atoms with Gasteiger partial charge in [-0.3, -0.25) is 9.78 Å². The number of nitrogens with two attached hydrogens (primary N) is 1. The quantitative estimate of drug-likeness (QED) is 0.564. The fourth-order valence-electron chi connectivity index (χ4n) is 4.37. The molecular weight excluding hydrogens is 433 g/mol. The van der Waals surface area contributed by atoms with Gasteiger partial charge in [0.15, 0.2) is 0 Å². The standard InChI is InChI=1S/C24H25F3N4O2/c1-12(2)31(13(3)19-8-6-16(10-29-19)24(25,26)27)23(32)15-5-7-20-17(9-15)18-11-33-14(4)21(18)22(28)30-20/h5-10,12-14H,11H2,1-4H3,(H2,28,30)/t13-,14+/m0/s1. The number of ether oxygens (including phenoxy) is 1. The summed E-state index contributed by atoms with van der Waals surface area (Å²) < 4.78 is 44.4. The Kier molecular flexibility index (Phi) is 5.78. The summed E-state index contributed by atoms with van der Waals surface area (Å²) in [5.41, 5.74) is 8.55. The number of benzene rings is 1. The predicted octanol–water partition coefficient (Wildman–Crippen LogP) is 5.43. The van der Waals surface area contributed by atoms with Gasteiger partial charge >= 0.3 is 6.18 Å². The molecule has 33 heavy (non-hydrogen) atoms. The second-order valence-corrected chi connectivity index (χ2v) is 8.53. The number of hydrogen-bond donors (Lipinski definition) is 1. The van der Waals surface area contributed by atoms with E-state index in [1.54, 1.807) is 30.0 Å². The van der Waals surface area contributed by atoms with Gasteiger partial charge in [-0.15, -0.1) is 0 Å². The Labute approximate surface area is 189 Å². The Morgan fingerprint density at radius 2 is 1.94 bits per heavy atom. The van der Waals surface area contributed by atoms with Crippen LogP contribution in [0.1, 0.15) is 72.6 Å². The van der Waals surface area contributed by atoms with Crippen molar-refractivity contribution in [2.24, 2.45) is 0 Å². The van der Waals surface area contributed by atoms with Gasteiger partial charge in [0.25, 0.3) is 5.91 Å². The Morgan fingerprint density at radius 1 is 1.21 bits per heavy atom. The summed E-state index contributed by atoms with van der Waals surface area (Å²) in [4.78, 5) is 23.6. The molecule has 1 aliphatic rings. The first-order chi connectivity index (χ1) is 15.5. The number of rotatable bonds is 4. The molecule has 0 bridgehead atoms. The summed E-state index contributed by atoms with van der Waals surface area (Å²) in [6.45, 7) is 7.76. The molecule has 0 fully saturated rings. The van der Waals surface area contributed by atoms with E-state index in [-0.39, 0.29) is 18.1 Å². The number of carbonyl (C=O) groups excluding carboxylic acids is 1. The summed E-state index contributed by atoms with van der Waals surface area (Å²) in [6.07, 6.45) is -3.84. The number of nitrogen functional groups attached to an aromatic ring is 1. The molecule has 9 heteroatoms. The van der Waals surface area contributed by atoms with E-state index in [1.807, 2.05) is 20.8 Å². The van der Waals surface area contributed by atoms with Gasteiger partial charge < -0.3 is 15.4 Å². The first kappa shape index (κ1) is 23.0. The highest BCUT2D eigenvalue weighted by molar-refractivity contribution is 5.99. The number of nitrogens with zero attached hydrogens (tertiary/aromatic N) is 3. The van der Waals surface area contributed by atoms with Gasteiger partial charge in [0.05, 0.1) is 35.5 Å². The number of anilines is 1. The smallest absolute Gasteiger partial charge is 0.383 e. The minimum atomic E-state index is -4.47. The maximum atomic E-state index is 13.5. The highest BCUT2D eigenvalue weighted by atomic mass is 19.4. The normalized spacial score (nSPS) is 16.8. The zero-order valence-electron chi connectivity index (χ0n) is 18.8. The predicted molar refractivity (Wildman–Crippen MR) is 118 cm³/mol. The number of fused-ring (bicyclic) bond motifs is 3. The summed E-state index contributed by atoms with van der Waals surface area (Å²) in [7, 11) is 0. The van der Waals surface area contributed by atoms with Crippen molar-refractivity contribution < 1.29 is 22.7 Å². The van der Waals surface area contributed by atoms with Crippen LogP contribution in [0.25, 0.3) is 10.9 Å². The monoisotopic (exact) mass is 458 g/mol. The molecule has 4 rings (SSSR count). The van der Waals surface area contributed by atoms with Gasteiger partial charge in [-0.1, -0.05) is 0 Å². The molecule has 3 heterocycles. The third-order valence-electron chi connectivity index (χ3n) is 6.04. The lowest BCUT2D eigenvalue weighted by Crippen LogP contribution is -2.39. The maximum Gasteiger partial charge on any atom is 0.417 e. The fourth-order valence-corrected chi connectivity index (χ4v) is 4.37. The van der Waals surface area contributed by atoms with Crippen LogP contribution in [-0.4, -0.2) is 26.8 Å². The van der Waals surface area contributed by atoms with Crippen molar-refractivity contribution in [3.63, 3.8) is 0 Å². The van der Waals surface area contributed by atoms with Crippen molar-refractivity contribution in [2.45, 2.75) is 58.7 Å². The molecule has 2 atom stereocenters. The topological polar surface area (TPSA) is 81.3 Å². The first-order valence-electron chi connectivity index (χ1n) is 10.7. The van der Waals surface area contributed by atoms with Gasteiger partial charge in [-0.2, -0.15) is 13.2 Å². The van der Waals surface area contributed by atoms with Crippen LogP contribution in [0.4, 0.5) is 19.0 Å². The van der Waals surface area contributed by atoms with E-state index in [0.29, 0.717) is 29.2 Å². The summed E-state index contributed by atoms with van der Waals surface area (Å²) in [5, 5.41) is 0.804. The molecule has 0 saturated carbocycles. The third kappa shape index (κ3) is 4.13. The molecule has 0 spiro atoms. The summed E-state index contributed by atoms with van der Waals surface area (Å²) in [6, 6.07) is 6.77. The molecule has 1 aromatic carbocycles. The average molecular weight is 458 g/mol. The van der Waals surface area contributed by atoms with Gasteiger partial charge in [-0.05, 0) is 63.6 Å². The average Bonchev–Trinajstić information content (AvgIpc) is 3.15. The fraction of sp³-hybridized carbons (Fsp3) is 0.375. The van der Waals surface area contributed by atoms with Crippen molar-refractivity contribution in [1.82, 2.24) is 14.9 Å². The highest BCUT2D eigenvalue weighted by Gasteiger charge is 2.32. The van der Waals surface area contributed by atoms with Gasteiger partial charge in [0.2, 0.25) is 0 Å². The second kappa shape index (κ2) is 8.30. The molecule has 6 nitrogen and oxygen atoms in total. The van der Waals surface area contributed by atoms with Crippen LogP contribution < -0.4 is 5.73 Å². The van der Waals surface area contributed by atoms with Crippen LogP contribution in [0.5, 0.6) is 0 Å². The van der Waals surface area contributed by atoms with Crippen LogP contribution in [0, 0.1) is 0 Å². The second-order valence-electron chi connectivity index (χ2n) is 8.53. The van der Waals surface area contributed by atoms with E-state index in [2.05, 4.69) is 9.97 Å². The lowest BCUT2D eigenvalue weighted by molar-refractivity contribution is -0.137. The lowest BCUT2D eigenvalue weighted by atomic mass is 9.99. The Hall–Kier alpha value is -3.20. The van der Waals surface area contributed by atoms with Gasteiger partial charge in [0, 0.05) is 28.8 Å². The van der Waals surface area contributed by atoms with Crippen LogP contribution in [0.2, 0.25) is 0 Å². The number of pyridine rings is 2. The number of carbonyl (C=O) groups is 1. The third-order valence-corrected chi connectivity index (χ3v) is 6.04. The molecule has 0 saturated heterocycles. The first-order valence-corrected chi connectivity index (χ1v) is 10.7. The molecule has 1 aliphatic heterocycles. The van der Waals surface area contributed by atoms with Crippen LogP contribution in [0.15, 0.2) is 36.5 Å². The number of halogens is 3. The van der Waals surface area contributed by atoms with Crippen molar-refractivity contribution in [1.29, 1.82) is 0 Å². The molecule has 0 radical (unpaired) electrons. The van der Waals surface area contributed by atoms with Crippen molar-refractivity contribution >= 4 is 22.6 Å². The van der Waals surface area contributed by atoms with E-state index in [9.17, 15) is 18.0 Å². The summed E-state index contributed by atoms with van der Waals surface area (Å²) in [5.74, 6) is 0.172. The van der Waals surface area contributed by atoms with Crippen molar-refractivity contribution in [3.05, 3.63) is 64.5 Å². The lowest BCUT2D eigenvalue weighted by Gasteiger charge is -2.33.